The van der Waals surface area contributed by atoms with Gasteiger partial charge in [-0.15, -0.1) is 11.3 Å². The normalized spacial score (nSPS) is 19.9. The van der Waals surface area contributed by atoms with Crippen molar-refractivity contribution in [1.82, 2.24) is 34.9 Å². The molecule has 2 aromatic rings. The highest BCUT2D eigenvalue weighted by atomic mass is 32.2. The summed E-state index contributed by atoms with van der Waals surface area (Å²) in [6.07, 6.45) is 1.16. The third-order valence-corrected chi connectivity index (χ3v) is 8.83. The van der Waals surface area contributed by atoms with Gasteiger partial charge in [-0.25, -0.2) is 14.1 Å². The van der Waals surface area contributed by atoms with Crippen molar-refractivity contribution in [2.24, 2.45) is 5.92 Å². The summed E-state index contributed by atoms with van der Waals surface area (Å²) in [5.41, 5.74) is 3.94. The number of hydrogen-bond acceptors (Lipinski definition) is 14. The molecule has 1 unspecified atom stereocenters. The van der Waals surface area contributed by atoms with Gasteiger partial charge in [-0.2, -0.15) is 13.5 Å². The number of likely N-dealkylation sites (N-methyl/N-ethyl adjacent to an activating group) is 1. The molecule has 3 atom stereocenters. The van der Waals surface area contributed by atoms with E-state index in [1.54, 1.807) is 0 Å². The van der Waals surface area contributed by atoms with Crippen molar-refractivity contribution in [1.29, 1.82) is 0 Å². The van der Waals surface area contributed by atoms with Gasteiger partial charge in [-0.1, -0.05) is 0 Å². The van der Waals surface area contributed by atoms with E-state index >= 15 is 0 Å². The van der Waals surface area contributed by atoms with Crippen molar-refractivity contribution in [3.8, 4) is 5.75 Å². The first-order valence-electron chi connectivity index (χ1n) is 13.3. The summed E-state index contributed by atoms with van der Waals surface area (Å²) in [6, 6.07) is -3.12. The molecule has 0 saturated carbocycles. The van der Waals surface area contributed by atoms with E-state index in [1.807, 2.05) is 4.90 Å². The fourth-order valence-electron chi connectivity index (χ4n) is 4.81. The van der Waals surface area contributed by atoms with Gasteiger partial charge in [0, 0.05) is 56.6 Å². The van der Waals surface area contributed by atoms with Gasteiger partial charge in [0.2, 0.25) is 17.2 Å². The Morgan fingerprint density at radius 1 is 1.31 bits per heavy atom. The maximum atomic E-state index is 13.5. The van der Waals surface area contributed by atoms with E-state index in [4.69, 9.17) is 10.6 Å². The van der Waals surface area contributed by atoms with Crippen LogP contribution in [0.2, 0.25) is 0 Å². The van der Waals surface area contributed by atoms with Crippen LogP contribution in [-0.4, -0.2) is 115 Å². The number of anilines is 1. The predicted molar refractivity (Wildman–Crippen MR) is 154 cm³/mol. The molecular formula is C24H32N8O11S2. The van der Waals surface area contributed by atoms with E-state index in [-0.39, 0.29) is 28.2 Å². The number of aromatic amines is 1. The van der Waals surface area contributed by atoms with Crippen molar-refractivity contribution in [3.05, 3.63) is 39.3 Å². The third-order valence-electron chi connectivity index (χ3n) is 7.19. The Hall–Kier alpha value is -4.15. The average Bonchev–Trinajstić information content (AvgIpc) is 3.32. The number of likely N-dealkylation sites (tertiary alicyclic amines) is 1. The lowest BCUT2D eigenvalue weighted by molar-refractivity contribution is -0.245. The van der Waals surface area contributed by atoms with Crippen LogP contribution in [0.1, 0.15) is 31.3 Å². The van der Waals surface area contributed by atoms with Gasteiger partial charge in [0.25, 0.3) is 5.91 Å². The molecule has 2 fully saturated rings. The second-order valence-corrected chi connectivity index (χ2v) is 13.2. The fourth-order valence-corrected chi connectivity index (χ4v) is 6.27. The summed E-state index contributed by atoms with van der Waals surface area (Å²) >= 11 is 0.982. The van der Waals surface area contributed by atoms with Crippen molar-refractivity contribution in [3.63, 3.8) is 0 Å². The second kappa shape index (κ2) is 12.7. The summed E-state index contributed by atoms with van der Waals surface area (Å²) in [6.45, 7) is 2.90. The van der Waals surface area contributed by atoms with E-state index in [0.717, 1.165) is 22.6 Å². The number of H-pyrrole nitrogens is 1. The van der Waals surface area contributed by atoms with Gasteiger partial charge in [0.05, 0.1) is 17.7 Å². The summed E-state index contributed by atoms with van der Waals surface area (Å²) in [5, 5.41) is 26.1. The number of rotatable bonds is 13. The van der Waals surface area contributed by atoms with E-state index in [0.29, 0.717) is 12.2 Å². The first kappa shape index (κ1) is 33.7. The lowest BCUT2D eigenvalue weighted by Crippen LogP contribution is -2.75. The fraction of sp³-hybridized carbons (Fsp3) is 0.500. The van der Waals surface area contributed by atoms with E-state index in [2.05, 4.69) is 20.6 Å². The number of hydrogen-bond donors (Lipinski definition) is 7. The quantitative estimate of drug-likeness (QED) is 0.0665. The smallest absolute Gasteiger partial charge is 0.362 e. The first-order valence-corrected chi connectivity index (χ1v) is 15.5. The molecule has 0 spiro atoms. The molecule has 246 valence electrons. The van der Waals surface area contributed by atoms with Gasteiger partial charge in [0.15, 0.2) is 22.5 Å². The van der Waals surface area contributed by atoms with Crippen molar-refractivity contribution < 1.29 is 47.2 Å². The molecule has 0 radical (unpaired) electrons. The van der Waals surface area contributed by atoms with Crippen LogP contribution in [0.4, 0.5) is 5.13 Å². The summed E-state index contributed by atoms with van der Waals surface area (Å²) in [4.78, 5) is 76.3. The highest BCUT2D eigenvalue weighted by Gasteiger charge is 2.55. The van der Waals surface area contributed by atoms with Crippen LogP contribution in [-0.2, 0) is 40.9 Å². The van der Waals surface area contributed by atoms with Crippen LogP contribution in [0, 0.1) is 5.92 Å². The predicted octanol–water partition coefficient (Wildman–Crippen LogP) is -2.37. The number of carbonyl (C=O) groups is 4. The minimum absolute atomic E-state index is 0.0490. The first-order chi connectivity index (χ1) is 20.9. The zero-order chi connectivity index (χ0) is 33.4. The minimum Gasteiger partial charge on any atom is -0.503 e. The Morgan fingerprint density at radius 2 is 1.98 bits per heavy atom. The topological polar surface area (TPSA) is 278 Å². The van der Waals surface area contributed by atoms with Crippen LogP contribution in [0.3, 0.4) is 0 Å². The minimum atomic E-state index is -5.06. The molecule has 4 heterocycles. The van der Waals surface area contributed by atoms with Crippen molar-refractivity contribution >= 4 is 50.5 Å². The van der Waals surface area contributed by atoms with Gasteiger partial charge in [-0.05, 0) is 13.8 Å². The summed E-state index contributed by atoms with van der Waals surface area (Å²) in [7, 11) is -3.80. The molecule has 3 amide bonds. The molecule has 4 rings (SSSR count). The standard InChI is InChI=1S/C24H32N8O11S2/c1-24(2,22(38)39)43-30(3)18(13-10-44-23(25)28-13)20(36)29-17-14(32(21(17)37)45(40,41)42)5-27-19(35)11-7-31(8-11)9-12-4-15(33)16(34)6-26-12/h4,6,10-11,14,17-18,34H,5,7-9H2,1-3H3,(H2,25,28)(H,26,33)(H,27,35)(H,29,36)(H,38,39)(H,40,41,42)/t14-,17+,18?/m1/s1. The monoisotopic (exact) mass is 672 g/mol. The number of aromatic nitrogens is 2. The van der Waals surface area contributed by atoms with Gasteiger partial charge in [-0.3, -0.25) is 33.5 Å². The van der Waals surface area contributed by atoms with Crippen LogP contribution >= 0.6 is 11.3 Å². The number of carboxylic acid groups (broad SMARTS) is 1. The number of carbonyl (C=O) groups excluding carboxylic acids is 3. The number of nitrogens with two attached hydrogens (primary N) is 1. The Bertz CT molecular complexity index is 1650. The number of nitrogens with one attached hydrogen (secondary N) is 3. The van der Waals surface area contributed by atoms with Crippen LogP contribution < -0.4 is 21.8 Å². The van der Waals surface area contributed by atoms with E-state index in [1.165, 1.54) is 32.3 Å². The molecule has 2 saturated heterocycles. The number of nitrogens with zero attached hydrogens (tertiary/aromatic N) is 4. The number of amides is 3. The average molecular weight is 673 g/mol. The number of thiazole rings is 1. The zero-order valence-electron chi connectivity index (χ0n) is 24.2. The van der Waals surface area contributed by atoms with Crippen LogP contribution in [0.15, 0.2) is 22.4 Å². The molecule has 0 aromatic carbocycles. The lowest BCUT2D eigenvalue weighted by atomic mass is 9.96. The number of nitrogen functional groups attached to an aromatic ring is 1. The Balaban J connectivity index is 1.42. The highest BCUT2D eigenvalue weighted by Crippen LogP contribution is 2.29. The molecular weight excluding hydrogens is 640 g/mol. The Morgan fingerprint density at radius 3 is 2.53 bits per heavy atom. The lowest BCUT2D eigenvalue weighted by Gasteiger charge is -2.45. The molecule has 19 nitrogen and oxygen atoms in total. The number of aliphatic carboxylic acids is 1. The number of pyridine rings is 1. The third kappa shape index (κ3) is 7.40. The molecule has 8 N–H and O–H groups in total. The van der Waals surface area contributed by atoms with Crippen LogP contribution in [0.25, 0.3) is 0 Å². The molecule has 0 bridgehead atoms. The molecule has 2 aliphatic rings. The molecule has 2 aromatic heterocycles. The number of aromatic hydroxyl groups is 1. The molecule has 0 aliphatic carbocycles. The molecule has 21 heteroatoms. The Labute approximate surface area is 259 Å². The van der Waals surface area contributed by atoms with E-state index in [9.17, 15) is 47.2 Å². The summed E-state index contributed by atoms with van der Waals surface area (Å²) < 4.78 is 33.6. The van der Waals surface area contributed by atoms with Gasteiger partial charge >= 0.3 is 16.3 Å². The second-order valence-electron chi connectivity index (χ2n) is 11.0. The number of carboxylic acids is 1. The SMILES string of the molecule is CN(OC(C)(C)C(=O)O)C(C(=O)N[C@@H]1C(=O)N(S(=O)(=O)O)[C@@H]1CNC(=O)C1CN(Cc2cc(=O)c(O)c[nH]2)C1)c1csc(N)n1. The van der Waals surface area contributed by atoms with Gasteiger partial charge in [0.1, 0.15) is 6.04 Å². The van der Waals surface area contributed by atoms with Crippen molar-refractivity contribution in [2.45, 2.75) is 44.1 Å². The maximum Gasteiger partial charge on any atom is 0.362 e. The Kier molecular flexibility index (Phi) is 9.51. The summed E-state index contributed by atoms with van der Waals surface area (Å²) in [5.74, 6) is -4.87. The number of hydroxylamine groups is 2. The largest absolute Gasteiger partial charge is 0.503 e. The molecule has 2 aliphatic heterocycles. The van der Waals surface area contributed by atoms with Crippen LogP contribution in [0.5, 0.6) is 5.75 Å². The van der Waals surface area contributed by atoms with E-state index < -0.39 is 81.4 Å². The molecule has 45 heavy (non-hydrogen) atoms. The maximum absolute atomic E-state index is 13.5. The van der Waals surface area contributed by atoms with Crippen molar-refractivity contribution in [2.75, 3.05) is 32.4 Å². The number of β-lactam (4-membered cyclic amide) rings is 1. The zero-order valence-corrected chi connectivity index (χ0v) is 25.8. The highest BCUT2D eigenvalue weighted by molar-refractivity contribution is 7.84. The van der Waals surface area contributed by atoms with Gasteiger partial charge < -0.3 is 31.6 Å².